The number of unbranched alkanes of at least 4 members (excludes halogenated alkanes) is 18. The Bertz CT molecular complexity index is 590. The Kier molecular flexibility index (Phi) is 34.8. The van der Waals surface area contributed by atoms with Gasteiger partial charge in [0, 0.05) is 13.2 Å². The minimum atomic E-state index is -4.50. The van der Waals surface area contributed by atoms with Gasteiger partial charge in [0.25, 0.3) is 0 Å². The van der Waals surface area contributed by atoms with Gasteiger partial charge in [-0.15, -0.1) is 0 Å². The van der Waals surface area contributed by atoms with E-state index >= 15 is 0 Å². The molecule has 0 heterocycles. The molecule has 0 saturated carbocycles. The van der Waals surface area contributed by atoms with Crippen LogP contribution in [0.3, 0.4) is 0 Å². The van der Waals surface area contributed by atoms with Crippen LogP contribution in [-0.2, 0) is 48.6 Å². The molecular formula is C24H50O10S2Zn. The molecule has 0 radical (unpaired) electrons. The fourth-order valence-corrected chi connectivity index (χ4v) is 4.22. The number of rotatable bonds is 26. The van der Waals surface area contributed by atoms with Gasteiger partial charge in [-0.2, -0.15) is 0 Å². The maximum Gasteiger partial charge on any atom is 2.00 e. The summed E-state index contributed by atoms with van der Waals surface area (Å²) >= 11 is 0. The molecule has 220 valence electrons. The molecule has 2 N–H and O–H groups in total. The van der Waals surface area contributed by atoms with Crippen LogP contribution in [-0.4, -0.2) is 62.6 Å². The van der Waals surface area contributed by atoms with Crippen LogP contribution in [0.4, 0.5) is 0 Å². The third kappa shape index (κ3) is 46.5. The molecule has 0 saturated heterocycles. The predicted octanol–water partition coefficient (Wildman–Crippen LogP) is 4.71. The van der Waals surface area contributed by atoms with Crippen LogP contribution in [0.1, 0.15) is 128 Å². The smallest absolute Gasteiger partial charge is 0.726 e. The monoisotopic (exact) mass is 626 g/mol. The van der Waals surface area contributed by atoms with E-state index in [1.807, 2.05) is 0 Å². The Hall–Kier alpha value is 0.283. The molecule has 0 amide bonds. The third-order valence-electron chi connectivity index (χ3n) is 5.56. The minimum Gasteiger partial charge on any atom is -0.726 e. The van der Waals surface area contributed by atoms with Crippen molar-refractivity contribution >= 4 is 20.8 Å². The Morgan fingerprint density at radius 2 is 0.595 bits per heavy atom. The molecule has 13 heteroatoms. The van der Waals surface area contributed by atoms with Crippen LogP contribution in [0.5, 0.6) is 0 Å². The van der Waals surface area contributed by atoms with E-state index in [1.165, 1.54) is 51.4 Å². The summed E-state index contributed by atoms with van der Waals surface area (Å²) < 4.78 is 68.9. The van der Waals surface area contributed by atoms with Crippen LogP contribution < -0.4 is 0 Å². The fourth-order valence-electron chi connectivity index (χ4n) is 3.58. The largest absolute Gasteiger partial charge is 2.00 e. The summed E-state index contributed by atoms with van der Waals surface area (Å²) in [6.45, 7) is 0.599. The Balaban J connectivity index is -0.000000608. The summed E-state index contributed by atoms with van der Waals surface area (Å²) in [7, 11) is -9.01. The van der Waals surface area contributed by atoms with Crippen LogP contribution in [0.15, 0.2) is 0 Å². The van der Waals surface area contributed by atoms with E-state index < -0.39 is 20.8 Å². The molecule has 0 aromatic heterocycles. The summed E-state index contributed by atoms with van der Waals surface area (Å²) in [5.41, 5.74) is 0. The molecule has 37 heavy (non-hydrogen) atoms. The summed E-state index contributed by atoms with van der Waals surface area (Å²) in [5, 5.41) is 17.2. The van der Waals surface area contributed by atoms with Crippen molar-refractivity contribution in [3.8, 4) is 0 Å². The fraction of sp³-hybridized carbons (Fsp3) is 1.00. The average molecular weight is 628 g/mol. The summed E-state index contributed by atoms with van der Waals surface area (Å²) in [4.78, 5) is 0. The van der Waals surface area contributed by atoms with Gasteiger partial charge in [-0.1, -0.05) is 103 Å². The molecule has 0 aliphatic heterocycles. The SMILES string of the molecule is O=S(=O)([O-])OCCCCCCCCCCCCO.O=S(=O)([O-])OCCCCCCCCCCCCO.[Zn+2]. The van der Waals surface area contributed by atoms with Gasteiger partial charge in [0.2, 0.25) is 20.8 Å². The molecule has 0 aromatic rings. The number of aliphatic hydroxyl groups excluding tert-OH is 2. The number of hydrogen-bond acceptors (Lipinski definition) is 10. The summed E-state index contributed by atoms with van der Waals surface area (Å²) in [6.07, 6.45) is 21.1. The van der Waals surface area contributed by atoms with Gasteiger partial charge < -0.3 is 19.3 Å². The number of aliphatic hydroxyl groups is 2. The maximum absolute atomic E-state index is 10.1. The van der Waals surface area contributed by atoms with Gasteiger partial charge in [0.1, 0.15) is 0 Å². The van der Waals surface area contributed by atoms with Crippen molar-refractivity contribution in [2.24, 2.45) is 0 Å². The standard InChI is InChI=1S/2C12H26O5S.Zn/c2*13-11-9-7-5-3-1-2-4-6-8-10-12-17-18(14,15)16;/h2*13H,1-12H2,(H,14,15,16);/q;;+2/p-2. The van der Waals surface area contributed by atoms with Crippen molar-refractivity contribution in [2.45, 2.75) is 128 Å². The zero-order valence-corrected chi connectivity index (χ0v) is 27.3. The second kappa shape index (κ2) is 30.8. The molecule has 0 aliphatic rings. The van der Waals surface area contributed by atoms with Crippen molar-refractivity contribution in [2.75, 3.05) is 26.4 Å². The van der Waals surface area contributed by atoms with E-state index in [1.54, 1.807) is 0 Å². The zero-order valence-electron chi connectivity index (χ0n) is 22.7. The molecule has 0 fully saturated rings. The van der Waals surface area contributed by atoms with E-state index in [0.717, 1.165) is 64.2 Å². The first-order valence-electron chi connectivity index (χ1n) is 13.5. The molecule has 0 atom stereocenters. The average Bonchev–Trinajstić information content (AvgIpc) is 2.79. The van der Waals surface area contributed by atoms with E-state index in [2.05, 4.69) is 8.37 Å². The quantitative estimate of drug-likeness (QED) is 0.0591. The maximum atomic E-state index is 10.1. The summed E-state index contributed by atoms with van der Waals surface area (Å²) in [5.74, 6) is 0. The van der Waals surface area contributed by atoms with Crippen LogP contribution in [0.2, 0.25) is 0 Å². The minimum absolute atomic E-state index is 0. The summed E-state index contributed by atoms with van der Waals surface area (Å²) in [6, 6.07) is 0. The Morgan fingerprint density at radius 3 is 0.784 bits per heavy atom. The van der Waals surface area contributed by atoms with Gasteiger partial charge in [-0.25, -0.2) is 16.8 Å². The zero-order chi connectivity index (χ0) is 27.4. The third-order valence-corrected chi connectivity index (χ3v) is 6.47. The van der Waals surface area contributed by atoms with Crippen molar-refractivity contribution < 1.29 is 64.0 Å². The topological polar surface area (TPSA) is 173 Å². The normalized spacial score (nSPS) is 11.6. The van der Waals surface area contributed by atoms with Gasteiger partial charge >= 0.3 is 19.5 Å². The molecule has 0 rings (SSSR count). The molecule has 10 nitrogen and oxygen atoms in total. The molecule has 0 aliphatic carbocycles. The van der Waals surface area contributed by atoms with E-state index in [9.17, 15) is 25.9 Å². The van der Waals surface area contributed by atoms with Gasteiger partial charge in [-0.3, -0.25) is 8.37 Å². The van der Waals surface area contributed by atoms with E-state index in [0.29, 0.717) is 26.1 Å². The Morgan fingerprint density at radius 1 is 0.405 bits per heavy atom. The van der Waals surface area contributed by atoms with Crippen LogP contribution in [0, 0.1) is 0 Å². The molecule has 0 bridgehead atoms. The van der Waals surface area contributed by atoms with Gasteiger partial charge in [0.05, 0.1) is 13.2 Å². The molecular weight excluding hydrogens is 578 g/mol. The second-order valence-corrected chi connectivity index (χ2v) is 11.1. The Labute approximate surface area is 239 Å². The molecule has 0 spiro atoms. The molecule has 0 aromatic carbocycles. The second-order valence-electron chi connectivity index (χ2n) is 8.98. The van der Waals surface area contributed by atoms with Crippen molar-refractivity contribution in [1.29, 1.82) is 0 Å². The predicted molar refractivity (Wildman–Crippen MR) is 138 cm³/mol. The first kappa shape index (κ1) is 41.8. The van der Waals surface area contributed by atoms with Gasteiger partial charge in [-0.05, 0) is 25.7 Å². The van der Waals surface area contributed by atoms with Crippen molar-refractivity contribution in [1.82, 2.24) is 0 Å². The first-order valence-corrected chi connectivity index (χ1v) is 16.2. The van der Waals surface area contributed by atoms with Crippen LogP contribution in [0.25, 0.3) is 0 Å². The van der Waals surface area contributed by atoms with E-state index in [-0.39, 0.29) is 32.7 Å². The van der Waals surface area contributed by atoms with Crippen molar-refractivity contribution in [3.63, 3.8) is 0 Å². The van der Waals surface area contributed by atoms with E-state index in [4.69, 9.17) is 10.2 Å². The van der Waals surface area contributed by atoms with Crippen LogP contribution >= 0.6 is 0 Å². The number of hydrogen-bond donors (Lipinski definition) is 2. The molecule has 0 unspecified atom stereocenters. The van der Waals surface area contributed by atoms with Gasteiger partial charge in [0.15, 0.2) is 0 Å². The first-order chi connectivity index (χ1) is 17.1. The van der Waals surface area contributed by atoms with Crippen molar-refractivity contribution in [3.05, 3.63) is 0 Å².